The molecule has 0 aliphatic carbocycles. The summed E-state index contributed by atoms with van der Waals surface area (Å²) in [7, 11) is 2.04. The van der Waals surface area contributed by atoms with Gasteiger partial charge in [0, 0.05) is 30.0 Å². The van der Waals surface area contributed by atoms with Gasteiger partial charge in [-0.1, -0.05) is 17.7 Å². The quantitative estimate of drug-likeness (QED) is 0.861. The van der Waals surface area contributed by atoms with Crippen molar-refractivity contribution in [2.45, 2.75) is 13.1 Å². The van der Waals surface area contributed by atoms with Crippen molar-refractivity contribution in [2.75, 3.05) is 12.8 Å². The Hall–Kier alpha value is -1.58. The van der Waals surface area contributed by atoms with Gasteiger partial charge in [0.2, 0.25) is 0 Å². The van der Waals surface area contributed by atoms with E-state index in [0.717, 1.165) is 30.0 Å². The number of anilines is 1. The van der Waals surface area contributed by atoms with Crippen LogP contribution in [0.25, 0.3) is 0 Å². The molecule has 0 atom stereocenters. The van der Waals surface area contributed by atoms with Crippen LogP contribution in [0.4, 0.5) is 5.69 Å². The molecule has 1 aromatic carbocycles. The lowest BCUT2D eigenvalue weighted by Crippen LogP contribution is -2.18. The highest BCUT2D eigenvalue weighted by molar-refractivity contribution is 6.30. The van der Waals surface area contributed by atoms with Crippen molar-refractivity contribution in [1.29, 1.82) is 0 Å². The molecule has 0 radical (unpaired) electrons. The predicted octanol–water partition coefficient (Wildman–Crippen LogP) is 2.95. The summed E-state index contributed by atoms with van der Waals surface area (Å²) >= 11 is 5.97. The molecule has 0 aliphatic heterocycles. The van der Waals surface area contributed by atoms with Crippen molar-refractivity contribution in [3.8, 4) is 0 Å². The number of nitrogens with zero attached hydrogens (tertiary/aromatic N) is 2. The van der Waals surface area contributed by atoms with Gasteiger partial charge in [-0.15, -0.1) is 0 Å². The average Bonchev–Trinajstić information content (AvgIpc) is 2.35. The molecule has 1 heterocycles. The summed E-state index contributed by atoms with van der Waals surface area (Å²) < 4.78 is 0. The molecule has 2 aromatic rings. The lowest BCUT2D eigenvalue weighted by Gasteiger charge is -2.17. The van der Waals surface area contributed by atoms with E-state index in [9.17, 15) is 0 Å². The Labute approximate surface area is 112 Å². The monoisotopic (exact) mass is 261 g/mol. The van der Waals surface area contributed by atoms with Crippen LogP contribution in [0.1, 0.15) is 11.3 Å². The van der Waals surface area contributed by atoms with Gasteiger partial charge >= 0.3 is 0 Å². The summed E-state index contributed by atoms with van der Waals surface area (Å²) in [6, 6.07) is 11.5. The third-order valence-corrected chi connectivity index (χ3v) is 2.94. The minimum absolute atomic E-state index is 0.713. The summed E-state index contributed by atoms with van der Waals surface area (Å²) in [5.74, 6) is 0. The number of nitrogens with two attached hydrogens (primary N) is 1. The number of benzene rings is 1. The molecule has 1 aromatic heterocycles. The van der Waals surface area contributed by atoms with Gasteiger partial charge < -0.3 is 5.73 Å². The van der Waals surface area contributed by atoms with Gasteiger partial charge in [-0.2, -0.15) is 0 Å². The van der Waals surface area contributed by atoms with E-state index < -0.39 is 0 Å². The van der Waals surface area contributed by atoms with Gasteiger partial charge in [0.15, 0.2) is 0 Å². The number of halogens is 1. The van der Waals surface area contributed by atoms with E-state index in [1.807, 2.05) is 37.4 Å². The molecule has 0 unspecified atom stereocenters. The fourth-order valence-electron chi connectivity index (χ4n) is 1.83. The Balaban J connectivity index is 2.03. The third-order valence-electron chi connectivity index (χ3n) is 2.70. The van der Waals surface area contributed by atoms with Crippen molar-refractivity contribution in [2.24, 2.45) is 0 Å². The first-order chi connectivity index (χ1) is 8.65. The zero-order valence-corrected chi connectivity index (χ0v) is 11.1. The maximum absolute atomic E-state index is 5.97. The number of hydrogen-bond acceptors (Lipinski definition) is 3. The van der Waals surface area contributed by atoms with Crippen LogP contribution in [-0.2, 0) is 13.1 Å². The summed E-state index contributed by atoms with van der Waals surface area (Å²) in [6.07, 6.45) is 1.80. The van der Waals surface area contributed by atoms with Crippen LogP contribution in [0, 0.1) is 0 Å². The first-order valence-corrected chi connectivity index (χ1v) is 6.15. The molecule has 0 saturated heterocycles. The van der Waals surface area contributed by atoms with Gasteiger partial charge in [-0.3, -0.25) is 9.88 Å². The van der Waals surface area contributed by atoms with Crippen LogP contribution in [0.5, 0.6) is 0 Å². The van der Waals surface area contributed by atoms with E-state index in [1.165, 1.54) is 0 Å². The van der Waals surface area contributed by atoms with Crippen molar-refractivity contribution in [3.63, 3.8) is 0 Å². The number of pyridine rings is 1. The number of nitrogen functional groups attached to an aromatic ring is 1. The number of aromatic nitrogens is 1. The zero-order chi connectivity index (χ0) is 13.0. The van der Waals surface area contributed by atoms with E-state index in [-0.39, 0.29) is 0 Å². The maximum Gasteiger partial charge on any atom is 0.0543 e. The molecule has 0 saturated carbocycles. The van der Waals surface area contributed by atoms with Crippen LogP contribution in [-0.4, -0.2) is 16.9 Å². The molecule has 0 amide bonds. The molecule has 0 bridgehead atoms. The van der Waals surface area contributed by atoms with E-state index in [0.29, 0.717) is 5.02 Å². The summed E-state index contributed by atoms with van der Waals surface area (Å²) in [5, 5.41) is 0.713. The van der Waals surface area contributed by atoms with Crippen molar-refractivity contribution < 1.29 is 0 Å². The van der Waals surface area contributed by atoms with E-state index in [1.54, 1.807) is 12.3 Å². The van der Waals surface area contributed by atoms with Gasteiger partial charge in [0.25, 0.3) is 0 Å². The smallest absolute Gasteiger partial charge is 0.0543 e. The molecule has 18 heavy (non-hydrogen) atoms. The molecule has 94 valence electrons. The van der Waals surface area contributed by atoms with Crippen LogP contribution < -0.4 is 5.73 Å². The largest absolute Gasteiger partial charge is 0.398 e. The summed E-state index contributed by atoms with van der Waals surface area (Å²) in [5.41, 5.74) is 8.79. The highest BCUT2D eigenvalue weighted by Crippen LogP contribution is 2.19. The van der Waals surface area contributed by atoms with Crippen LogP contribution in [0.3, 0.4) is 0 Å². The molecule has 2 N–H and O–H groups in total. The Morgan fingerprint density at radius 3 is 2.78 bits per heavy atom. The number of rotatable bonds is 4. The number of hydrogen-bond donors (Lipinski definition) is 1. The molecule has 0 aliphatic rings. The van der Waals surface area contributed by atoms with Crippen LogP contribution in [0.2, 0.25) is 5.02 Å². The maximum atomic E-state index is 5.97. The Bertz CT molecular complexity index is 514. The third kappa shape index (κ3) is 3.45. The van der Waals surface area contributed by atoms with E-state index in [2.05, 4.69) is 9.88 Å². The lowest BCUT2D eigenvalue weighted by molar-refractivity contribution is 0.315. The SMILES string of the molecule is CN(Cc1ccccn1)Cc1cc(Cl)ccc1N. The Kier molecular flexibility index (Phi) is 4.18. The zero-order valence-electron chi connectivity index (χ0n) is 10.3. The van der Waals surface area contributed by atoms with Crippen LogP contribution in [0.15, 0.2) is 42.6 Å². The van der Waals surface area contributed by atoms with Crippen molar-refractivity contribution in [1.82, 2.24) is 9.88 Å². The Morgan fingerprint density at radius 1 is 1.22 bits per heavy atom. The minimum atomic E-state index is 0.713. The summed E-state index contributed by atoms with van der Waals surface area (Å²) in [4.78, 5) is 6.46. The van der Waals surface area contributed by atoms with Crippen molar-refractivity contribution >= 4 is 17.3 Å². The van der Waals surface area contributed by atoms with Gasteiger partial charge in [-0.25, -0.2) is 0 Å². The van der Waals surface area contributed by atoms with Gasteiger partial charge in [0.1, 0.15) is 0 Å². The lowest BCUT2D eigenvalue weighted by atomic mass is 10.1. The first kappa shape index (κ1) is 12.9. The topological polar surface area (TPSA) is 42.2 Å². The van der Waals surface area contributed by atoms with Gasteiger partial charge in [-0.05, 0) is 42.9 Å². The molecule has 2 rings (SSSR count). The second-order valence-electron chi connectivity index (χ2n) is 4.34. The molecule has 0 fully saturated rings. The normalized spacial score (nSPS) is 10.8. The second kappa shape index (κ2) is 5.85. The van der Waals surface area contributed by atoms with Crippen molar-refractivity contribution in [3.05, 3.63) is 58.9 Å². The standard InChI is InChI=1S/C14H16ClN3/c1-18(10-13-4-2-3-7-17-13)9-11-8-12(15)5-6-14(11)16/h2-8H,9-10,16H2,1H3. The van der Waals surface area contributed by atoms with E-state index >= 15 is 0 Å². The molecular formula is C14H16ClN3. The minimum Gasteiger partial charge on any atom is -0.398 e. The fraction of sp³-hybridized carbons (Fsp3) is 0.214. The van der Waals surface area contributed by atoms with Gasteiger partial charge in [0.05, 0.1) is 5.69 Å². The highest BCUT2D eigenvalue weighted by atomic mass is 35.5. The fourth-order valence-corrected chi connectivity index (χ4v) is 2.02. The molecule has 0 spiro atoms. The van der Waals surface area contributed by atoms with E-state index in [4.69, 9.17) is 17.3 Å². The molecule has 4 heteroatoms. The van der Waals surface area contributed by atoms with Crippen LogP contribution >= 0.6 is 11.6 Å². The summed E-state index contributed by atoms with van der Waals surface area (Å²) in [6.45, 7) is 1.54. The first-order valence-electron chi connectivity index (χ1n) is 5.77. The predicted molar refractivity (Wildman–Crippen MR) is 75.3 cm³/mol. The highest BCUT2D eigenvalue weighted by Gasteiger charge is 2.06. The average molecular weight is 262 g/mol. The molecular weight excluding hydrogens is 246 g/mol. The second-order valence-corrected chi connectivity index (χ2v) is 4.77. The Morgan fingerprint density at radius 2 is 2.06 bits per heavy atom. The molecule has 3 nitrogen and oxygen atoms in total.